The topological polar surface area (TPSA) is 68.4 Å². The van der Waals surface area contributed by atoms with Crippen molar-refractivity contribution in [1.82, 2.24) is 4.98 Å². The van der Waals surface area contributed by atoms with Crippen LogP contribution in [0.4, 0.5) is 0 Å². The molecule has 0 amide bonds. The van der Waals surface area contributed by atoms with E-state index in [1.54, 1.807) is 13.3 Å². The number of nitrogens with two attached hydrogens (primary N) is 1. The number of aliphatic hydroxyl groups is 1. The number of benzene rings is 1. The molecule has 0 radical (unpaired) electrons. The summed E-state index contributed by atoms with van der Waals surface area (Å²) in [7, 11) is 1.62. The van der Waals surface area contributed by atoms with E-state index in [0.717, 1.165) is 21.2 Å². The number of aliphatic hydroxyl groups excluding tert-OH is 1. The molecule has 1 aromatic heterocycles. The lowest BCUT2D eigenvalue weighted by Crippen LogP contribution is -2.19. The molecule has 102 valence electrons. The van der Waals surface area contributed by atoms with Crippen LogP contribution >= 0.6 is 11.3 Å². The summed E-state index contributed by atoms with van der Waals surface area (Å²) in [5.74, 6) is 0.610. The fraction of sp³-hybridized carbons (Fsp3) is 0.357. The first-order chi connectivity index (χ1) is 9.15. The van der Waals surface area contributed by atoms with Gasteiger partial charge in [-0.2, -0.15) is 0 Å². The minimum absolute atomic E-state index is 0.157. The van der Waals surface area contributed by atoms with Gasteiger partial charge in [0.2, 0.25) is 0 Å². The summed E-state index contributed by atoms with van der Waals surface area (Å²) in [6.07, 6.45) is 1.08. The Morgan fingerprint density at radius 1 is 1.47 bits per heavy atom. The van der Waals surface area contributed by atoms with Gasteiger partial charge in [-0.15, -0.1) is 11.3 Å². The fourth-order valence-corrected chi connectivity index (χ4v) is 2.87. The standard InChI is InChI=1S/C14H18N2O2S/c1-9-16-8-13(19-9)14(17)12(7-15)10-4-3-5-11(6-10)18-2/h3-6,8,12,14,17H,7,15H2,1-2H3. The molecule has 0 spiro atoms. The van der Waals surface area contributed by atoms with Gasteiger partial charge in [0.1, 0.15) is 5.75 Å². The van der Waals surface area contributed by atoms with Gasteiger partial charge in [-0.3, -0.25) is 0 Å². The van der Waals surface area contributed by atoms with E-state index < -0.39 is 6.10 Å². The molecule has 2 unspecified atom stereocenters. The van der Waals surface area contributed by atoms with Crippen molar-refractivity contribution in [2.24, 2.45) is 5.73 Å². The molecule has 2 atom stereocenters. The monoisotopic (exact) mass is 278 g/mol. The van der Waals surface area contributed by atoms with Gasteiger partial charge in [0, 0.05) is 18.7 Å². The number of rotatable bonds is 5. The lowest BCUT2D eigenvalue weighted by atomic mass is 9.92. The zero-order valence-corrected chi connectivity index (χ0v) is 11.9. The Kier molecular flexibility index (Phi) is 4.52. The van der Waals surface area contributed by atoms with Crippen LogP contribution in [0.5, 0.6) is 5.75 Å². The number of aryl methyl sites for hydroxylation is 1. The summed E-state index contributed by atoms with van der Waals surface area (Å²) in [5.41, 5.74) is 6.80. The van der Waals surface area contributed by atoms with E-state index in [4.69, 9.17) is 10.5 Å². The average Bonchev–Trinajstić information content (AvgIpc) is 2.86. The minimum atomic E-state index is -0.636. The van der Waals surface area contributed by atoms with Crippen molar-refractivity contribution < 1.29 is 9.84 Å². The van der Waals surface area contributed by atoms with Crippen LogP contribution in [-0.4, -0.2) is 23.7 Å². The maximum Gasteiger partial charge on any atom is 0.119 e. The summed E-state index contributed by atoms with van der Waals surface area (Å²) in [6.45, 7) is 2.29. The number of thiazole rings is 1. The van der Waals surface area contributed by atoms with Crippen molar-refractivity contribution in [1.29, 1.82) is 0 Å². The van der Waals surface area contributed by atoms with Gasteiger partial charge in [0.15, 0.2) is 0 Å². The highest BCUT2D eigenvalue weighted by Crippen LogP contribution is 2.34. The molecule has 2 rings (SSSR count). The number of ether oxygens (including phenoxy) is 1. The molecule has 5 heteroatoms. The lowest BCUT2D eigenvalue weighted by Gasteiger charge is -2.21. The SMILES string of the molecule is COc1cccc(C(CN)C(O)c2cnc(C)s2)c1. The van der Waals surface area contributed by atoms with Gasteiger partial charge in [-0.25, -0.2) is 4.98 Å². The van der Waals surface area contributed by atoms with Crippen LogP contribution in [0, 0.1) is 6.92 Å². The molecule has 19 heavy (non-hydrogen) atoms. The molecule has 0 aliphatic rings. The normalized spacial score (nSPS) is 14.1. The summed E-state index contributed by atoms with van der Waals surface area (Å²) >= 11 is 1.50. The average molecular weight is 278 g/mol. The first-order valence-electron chi connectivity index (χ1n) is 6.10. The molecule has 0 fully saturated rings. The van der Waals surface area contributed by atoms with Crippen molar-refractivity contribution >= 4 is 11.3 Å². The van der Waals surface area contributed by atoms with Gasteiger partial charge < -0.3 is 15.6 Å². The van der Waals surface area contributed by atoms with Crippen LogP contribution in [0.3, 0.4) is 0 Å². The zero-order valence-electron chi connectivity index (χ0n) is 11.0. The summed E-state index contributed by atoms with van der Waals surface area (Å²) < 4.78 is 5.21. The van der Waals surface area contributed by atoms with Crippen LogP contribution in [0.1, 0.15) is 27.5 Å². The summed E-state index contributed by atoms with van der Waals surface area (Å²) in [6, 6.07) is 7.65. The maximum atomic E-state index is 10.5. The highest BCUT2D eigenvalue weighted by atomic mass is 32.1. The Balaban J connectivity index is 2.28. The number of methoxy groups -OCH3 is 1. The fourth-order valence-electron chi connectivity index (χ4n) is 2.03. The minimum Gasteiger partial charge on any atom is -0.497 e. The van der Waals surface area contributed by atoms with Crippen LogP contribution in [0.15, 0.2) is 30.5 Å². The van der Waals surface area contributed by atoms with Crippen LogP contribution < -0.4 is 10.5 Å². The zero-order chi connectivity index (χ0) is 13.8. The van der Waals surface area contributed by atoms with E-state index >= 15 is 0 Å². The second-order valence-corrected chi connectivity index (χ2v) is 5.61. The Morgan fingerprint density at radius 3 is 2.84 bits per heavy atom. The largest absolute Gasteiger partial charge is 0.497 e. The second-order valence-electron chi connectivity index (χ2n) is 4.35. The van der Waals surface area contributed by atoms with E-state index in [1.807, 2.05) is 31.2 Å². The van der Waals surface area contributed by atoms with E-state index in [1.165, 1.54) is 11.3 Å². The first kappa shape index (κ1) is 14.0. The Bertz CT molecular complexity index is 542. The third-order valence-electron chi connectivity index (χ3n) is 3.09. The van der Waals surface area contributed by atoms with Crippen molar-refractivity contribution in [3.63, 3.8) is 0 Å². The highest BCUT2D eigenvalue weighted by Gasteiger charge is 2.23. The molecule has 0 bridgehead atoms. The lowest BCUT2D eigenvalue weighted by molar-refractivity contribution is 0.151. The molecule has 1 heterocycles. The molecule has 3 N–H and O–H groups in total. The van der Waals surface area contributed by atoms with Gasteiger partial charge >= 0.3 is 0 Å². The van der Waals surface area contributed by atoms with E-state index in [9.17, 15) is 5.11 Å². The predicted molar refractivity (Wildman–Crippen MR) is 76.6 cm³/mol. The maximum absolute atomic E-state index is 10.5. The number of aromatic nitrogens is 1. The van der Waals surface area contributed by atoms with Gasteiger partial charge in [0.05, 0.1) is 23.1 Å². The molecule has 2 aromatic rings. The Morgan fingerprint density at radius 2 is 2.26 bits per heavy atom. The van der Waals surface area contributed by atoms with E-state index in [0.29, 0.717) is 6.54 Å². The molecule has 1 aromatic carbocycles. The van der Waals surface area contributed by atoms with Gasteiger partial charge in [0.25, 0.3) is 0 Å². The Hall–Kier alpha value is -1.43. The third kappa shape index (κ3) is 3.12. The smallest absolute Gasteiger partial charge is 0.119 e. The summed E-state index contributed by atoms with van der Waals surface area (Å²) in [4.78, 5) is 5.02. The number of hydrogen-bond acceptors (Lipinski definition) is 5. The summed E-state index contributed by atoms with van der Waals surface area (Å²) in [5, 5.41) is 11.4. The van der Waals surface area contributed by atoms with Crippen molar-refractivity contribution in [3.05, 3.63) is 45.9 Å². The molecule has 4 nitrogen and oxygen atoms in total. The highest BCUT2D eigenvalue weighted by molar-refractivity contribution is 7.11. The first-order valence-corrected chi connectivity index (χ1v) is 6.91. The van der Waals surface area contributed by atoms with Gasteiger partial charge in [-0.05, 0) is 24.6 Å². The van der Waals surface area contributed by atoms with Crippen LogP contribution in [-0.2, 0) is 0 Å². The third-order valence-corrected chi connectivity index (χ3v) is 4.07. The Labute approximate surface area is 116 Å². The van der Waals surface area contributed by atoms with Crippen molar-refractivity contribution in [2.45, 2.75) is 18.9 Å². The number of nitrogens with zero attached hydrogens (tertiary/aromatic N) is 1. The van der Waals surface area contributed by atoms with Crippen molar-refractivity contribution in [3.8, 4) is 5.75 Å². The van der Waals surface area contributed by atoms with E-state index in [-0.39, 0.29) is 5.92 Å². The van der Waals surface area contributed by atoms with E-state index in [2.05, 4.69) is 4.98 Å². The quantitative estimate of drug-likeness (QED) is 0.880. The van der Waals surface area contributed by atoms with Crippen LogP contribution in [0.2, 0.25) is 0 Å². The molecule has 0 saturated heterocycles. The molecule has 0 saturated carbocycles. The molecular formula is C14H18N2O2S. The molecule has 0 aliphatic carbocycles. The molecule has 0 aliphatic heterocycles. The predicted octanol–water partition coefficient (Wildman–Crippen LogP) is 2.24. The van der Waals surface area contributed by atoms with Gasteiger partial charge in [-0.1, -0.05) is 12.1 Å². The number of hydrogen-bond donors (Lipinski definition) is 2. The van der Waals surface area contributed by atoms with Crippen molar-refractivity contribution in [2.75, 3.05) is 13.7 Å². The molecular weight excluding hydrogens is 260 g/mol. The van der Waals surface area contributed by atoms with Crippen LogP contribution in [0.25, 0.3) is 0 Å². The second kappa shape index (κ2) is 6.14.